The Morgan fingerprint density at radius 1 is 1.00 bits per heavy atom. The van der Waals surface area contributed by atoms with Crippen molar-refractivity contribution in [3.05, 3.63) is 0 Å². The van der Waals surface area contributed by atoms with Crippen LogP contribution in [0.1, 0.15) is 72.6 Å². The fourth-order valence-corrected chi connectivity index (χ4v) is 9.52. The van der Waals surface area contributed by atoms with E-state index >= 15 is 0 Å². The molecule has 3 N–H and O–H groups in total. The van der Waals surface area contributed by atoms with Crippen LogP contribution in [0.15, 0.2) is 0 Å². The van der Waals surface area contributed by atoms with Crippen molar-refractivity contribution in [2.75, 3.05) is 12.4 Å². The number of aliphatic hydroxyl groups is 3. The van der Waals surface area contributed by atoms with Crippen LogP contribution in [-0.2, 0) is 4.74 Å². The van der Waals surface area contributed by atoms with E-state index in [9.17, 15) is 20.1 Å². The molecule has 178 valence electrons. The van der Waals surface area contributed by atoms with Crippen molar-refractivity contribution >= 4 is 17.1 Å². The van der Waals surface area contributed by atoms with E-state index in [1.165, 1.54) is 11.8 Å². The Bertz CT molecular complexity index is 672. The van der Waals surface area contributed by atoms with Gasteiger partial charge >= 0.3 is 5.30 Å². The highest BCUT2D eigenvalue weighted by Crippen LogP contribution is 2.68. The van der Waals surface area contributed by atoms with Gasteiger partial charge in [0, 0.05) is 5.75 Å². The van der Waals surface area contributed by atoms with E-state index in [0.29, 0.717) is 36.7 Å². The van der Waals surface area contributed by atoms with Crippen LogP contribution in [0, 0.1) is 46.3 Å². The van der Waals surface area contributed by atoms with Gasteiger partial charge in [0.2, 0.25) is 0 Å². The molecule has 6 heteroatoms. The maximum Gasteiger partial charge on any atom is 0.367 e. The smallest absolute Gasteiger partial charge is 0.367 e. The fraction of sp³-hybridized carbons (Fsp3) is 0.960. The minimum absolute atomic E-state index is 0.00559. The Labute approximate surface area is 191 Å². The monoisotopic (exact) mass is 454 g/mol. The van der Waals surface area contributed by atoms with Gasteiger partial charge < -0.3 is 20.1 Å². The predicted octanol–water partition coefficient (Wildman–Crippen LogP) is 4.47. The molecule has 4 aliphatic carbocycles. The van der Waals surface area contributed by atoms with E-state index in [1.54, 1.807) is 0 Å². The Kier molecular flexibility index (Phi) is 6.78. The van der Waals surface area contributed by atoms with E-state index in [2.05, 4.69) is 20.8 Å². The maximum absolute atomic E-state index is 11.8. The Morgan fingerprint density at radius 2 is 1.68 bits per heavy atom. The van der Waals surface area contributed by atoms with Crippen LogP contribution in [-0.4, -0.2) is 51.3 Å². The van der Waals surface area contributed by atoms with Gasteiger partial charge in [-0.05, 0) is 110 Å². The topological polar surface area (TPSA) is 87.0 Å². The Morgan fingerprint density at radius 3 is 2.39 bits per heavy atom. The number of hydrogen-bond donors (Lipinski definition) is 3. The number of thioether (sulfide) groups is 1. The molecule has 0 aromatic carbocycles. The Balaban J connectivity index is 1.53. The summed E-state index contributed by atoms with van der Waals surface area (Å²) in [6.07, 6.45) is 5.09. The molecule has 0 bridgehead atoms. The predicted molar refractivity (Wildman–Crippen MR) is 123 cm³/mol. The normalized spacial score (nSPS) is 50.2. The summed E-state index contributed by atoms with van der Waals surface area (Å²) >= 11 is 1.30. The molecule has 0 amide bonds. The summed E-state index contributed by atoms with van der Waals surface area (Å²) < 4.78 is 5.10. The molecule has 0 radical (unpaired) electrons. The van der Waals surface area contributed by atoms with Crippen molar-refractivity contribution in [2.24, 2.45) is 46.3 Å². The molecular weight excluding hydrogens is 412 g/mol. The summed E-state index contributed by atoms with van der Waals surface area (Å²) in [6, 6.07) is 0. The fourth-order valence-electron chi connectivity index (χ4n) is 8.69. The van der Waals surface area contributed by atoms with Gasteiger partial charge in [-0.1, -0.05) is 20.8 Å². The molecule has 0 heterocycles. The van der Waals surface area contributed by atoms with E-state index in [-0.39, 0.29) is 34.1 Å². The molecule has 0 aliphatic heterocycles. The molecule has 0 aromatic heterocycles. The number of rotatable bonds is 4. The van der Waals surface area contributed by atoms with Crippen LogP contribution in [0.2, 0.25) is 0 Å². The second kappa shape index (κ2) is 8.81. The number of hydrogen-bond acceptors (Lipinski definition) is 6. The molecule has 4 saturated carbocycles. The molecule has 11 atom stereocenters. The van der Waals surface area contributed by atoms with Crippen molar-refractivity contribution in [3.63, 3.8) is 0 Å². The molecule has 5 unspecified atom stereocenters. The maximum atomic E-state index is 11.8. The third kappa shape index (κ3) is 3.87. The average molecular weight is 455 g/mol. The van der Waals surface area contributed by atoms with Gasteiger partial charge in [0.1, 0.15) is 0 Å². The first kappa shape index (κ1) is 23.8. The minimum atomic E-state index is -0.737. The lowest BCUT2D eigenvalue weighted by molar-refractivity contribution is -0.223. The molecule has 0 spiro atoms. The summed E-state index contributed by atoms with van der Waals surface area (Å²) in [7, 11) is 0. The zero-order chi connectivity index (χ0) is 22.6. The third-order valence-corrected chi connectivity index (χ3v) is 11.3. The summed E-state index contributed by atoms with van der Waals surface area (Å²) in [5, 5.41) is 32.6. The molecule has 5 nitrogen and oxygen atoms in total. The SMILES string of the molecule is CCOC(=O)SCC(C)C1CCC2C3C(CC[C@]12C)[C@@]1(C)CC[C@@H](O)C[C@H]1[C@H](O)[C@@H]3O. The molecule has 4 aliphatic rings. The zero-order valence-electron chi connectivity index (χ0n) is 19.6. The van der Waals surface area contributed by atoms with Gasteiger partial charge in [-0.2, -0.15) is 0 Å². The van der Waals surface area contributed by atoms with Gasteiger partial charge in [0.05, 0.1) is 24.9 Å². The largest absolute Gasteiger partial charge is 0.458 e. The van der Waals surface area contributed by atoms with E-state index in [0.717, 1.165) is 44.3 Å². The number of carbonyl (C=O) groups is 1. The van der Waals surface area contributed by atoms with Gasteiger partial charge in [-0.25, -0.2) is 4.79 Å². The second-order valence-electron chi connectivity index (χ2n) is 11.5. The molecular formula is C25H42O5S. The zero-order valence-corrected chi connectivity index (χ0v) is 20.4. The van der Waals surface area contributed by atoms with Crippen molar-refractivity contribution in [2.45, 2.75) is 91.0 Å². The van der Waals surface area contributed by atoms with Crippen LogP contribution in [0.5, 0.6) is 0 Å². The second-order valence-corrected chi connectivity index (χ2v) is 12.5. The minimum Gasteiger partial charge on any atom is -0.458 e. The van der Waals surface area contributed by atoms with Gasteiger partial charge in [0.15, 0.2) is 0 Å². The van der Waals surface area contributed by atoms with Crippen LogP contribution >= 0.6 is 11.8 Å². The summed E-state index contributed by atoms with van der Waals surface area (Å²) in [5.41, 5.74) is 0.154. The van der Waals surface area contributed by atoms with E-state index < -0.39 is 12.2 Å². The van der Waals surface area contributed by atoms with E-state index in [4.69, 9.17) is 4.74 Å². The van der Waals surface area contributed by atoms with Crippen molar-refractivity contribution in [3.8, 4) is 0 Å². The molecule has 0 saturated heterocycles. The first-order valence-corrected chi connectivity index (χ1v) is 13.5. The number of aliphatic hydroxyl groups excluding tert-OH is 3. The summed E-state index contributed by atoms with van der Waals surface area (Å²) in [6.45, 7) is 9.26. The molecule has 4 fully saturated rings. The van der Waals surface area contributed by atoms with Crippen LogP contribution < -0.4 is 0 Å². The highest BCUT2D eigenvalue weighted by Gasteiger charge is 2.65. The standard InChI is InChI=1S/C25H42O5S/c1-5-30-23(29)31-13-14(2)16-6-7-17-20-18(9-11-24(16,17)3)25(4)10-8-15(26)12-19(25)21(27)22(20)28/h14-22,26-28H,5-13H2,1-4H3/t14?,15-,16?,17?,18?,19+,20?,21+,22-,24-,25-/m1/s1. The van der Waals surface area contributed by atoms with Crippen molar-refractivity contribution < 1.29 is 24.9 Å². The Hall–Kier alpha value is -0.300. The van der Waals surface area contributed by atoms with Gasteiger partial charge in [-0.3, -0.25) is 0 Å². The van der Waals surface area contributed by atoms with Crippen LogP contribution in [0.25, 0.3) is 0 Å². The lowest BCUT2D eigenvalue weighted by atomic mass is 9.43. The van der Waals surface area contributed by atoms with Crippen molar-refractivity contribution in [1.82, 2.24) is 0 Å². The van der Waals surface area contributed by atoms with Gasteiger partial charge in [-0.15, -0.1) is 0 Å². The quantitative estimate of drug-likeness (QED) is 0.543. The summed E-state index contributed by atoms with van der Waals surface area (Å²) in [4.78, 5) is 11.8. The van der Waals surface area contributed by atoms with Crippen LogP contribution in [0.3, 0.4) is 0 Å². The lowest BCUT2D eigenvalue weighted by Crippen LogP contribution is -2.64. The van der Waals surface area contributed by atoms with Gasteiger partial charge in [0.25, 0.3) is 0 Å². The van der Waals surface area contributed by atoms with Crippen LogP contribution in [0.4, 0.5) is 4.79 Å². The number of carbonyl (C=O) groups excluding carboxylic acids is 1. The molecule has 4 rings (SSSR count). The lowest BCUT2D eigenvalue weighted by Gasteiger charge is -2.63. The van der Waals surface area contributed by atoms with Crippen molar-refractivity contribution in [1.29, 1.82) is 0 Å². The highest BCUT2D eigenvalue weighted by molar-refractivity contribution is 8.13. The molecule has 0 aromatic rings. The molecule has 31 heavy (non-hydrogen) atoms. The number of fused-ring (bicyclic) bond motifs is 5. The average Bonchev–Trinajstić information content (AvgIpc) is 3.08. The third-order valence-electron chi connectivity index (χ3n) is 10.2. The highest BCUT2D eigenvalue weighted by atomic mass is 32.2. The first-order chi connectivity index (χ1) is 14.6. The first-order valence-electron chi connectivity index (χ1n) is 12.5. The number of ether oxygens (including phenoxy) is 1. The summed E-state index contributed by atoms with van der Waals surface area (Å²) in [5.74, 6) is 2.70. The van der Waals surface area contributed by atoms with E-state index in [1.807, 2.05) is 6.92 Å².